The molecule has 5 rings (SSSR count). The zero-order valence-corrected chi connectivity index (χ0v) is 18.4. The van der Waals surface area contributed by atoms with E-state index < -0.39 is 0 Å². The van der Waals surface area contributed by atoms with Gasteiger partial charge in [0.15, 0.2) is 5.65 Å². The highest BCUT2D eigenvalue weighted by molar-refractivity contribution is 9.10. The van der Waals surface area contributed by atoms with Crippen LogP contribution in [-0.4, -0.2) is 55.2 Å². The van der Waals surface area contributed by atoms with Crippen LogP contribution in [0, 0.1) is 0 Å². The number of piperidine rings is 1. The molecule has 0 spiro atoms. The van der Waals surface area contributed by atoms with Gasteiger partial charge in [-0.1, -0.05) is 19.1 Å². The Balaban J connectivity index is 1.40. The van der Waals surface area contributed by atoms with E-state index in [4.69, 9.17) is 9.97 Å². The van der Waals surface area contributed by atoms with Gasteiger partial charge >= 0.3 is 0 Å². The number of hydrogen-bond donors (Lipinski definition) is 3. The van der Waals surface area contributed by atoms with Crippen molar-refractivity contribution in [3.05, 3.63) is 40.8 Å². The SMILES string of the molecule is CCNC1CCN(c2nc(NCc3nc4ccccc4[nH]3)n3ncc(Br)c3n2)CC1. The lowest BCUT2D eigenvalue weighted by molar-refractivity contribution is 0.421. The molecular weight excluding hydrogens is 446 g/mol. The number of halogens is 1. The van der Waals surface area contributed by atoms with Crippen LogP contribution in [0.25, 0.3) is 16.7 Å². The molecule has 4 aromatic rings. The summed E-state index contributed by atoms with van der Waals surface area (Å²) in [6.07, 6.45) is 3.92. The van der Waals surface area contributed by atoms with E-state index in [1.807, 2.05) is 24.3 Å². The number of hydrogen-bond acceptors (Lipinski definition) is 7. The van der Waals surface area contributed by atoms with Gasteiger partial charge in [-0.25, -0.2) is 4.98 Å². The molecule has 10 heteroatoms. The Morgan fingerprint density at radius 3 is 2.80 bits per heavy atom. The molecular formula is C20H24BrN9. The van der Waals surface area contributed by atoms with Gasteiger partial charge in [-0.15, -0.1) is 0 Å². The van der Waals surface area contributed by atoms with Gasteiger partial charge in [0.2, 0.25) is 11.9 Å². The predicted molar refractivity (Wildman–Crippen MR) is 121 cm³/mol. The highest BCUT2D eigenvalue weighted by atomic mass is 79.9. The zero-order valence-electron chi connectivity index (χ0n) is 16.8. The second-order valence-electron chi connectivity index (χ2n) is 7.45. The fraction of sp³-hybridized carbons (Fsp3) is 0.400. The highest BCUT2D eigenvalue weighted by Crippen LogP contribution is 2.24. The van der Waals surface area contributed by atoms with E-state index in [1.54, 1.807) is 10.7 Å². The maximum atomic E-state index is 4.80. The Hall–Kier alpha value is -2.72. The van der Waals surface area contributed by atoms with E-state index in [-0.39, 0.29) is 0 Å². The quantitative estimate of drug-likeness (QED) is 0.399. The molecule has 1 fully saturated rings. The van der Waals surface area contributed by atoms with Crippen molar-refractivity contribution in [1.29, 1.82) is 0 Å². The van der Waals surface area contributed by atoms with Crippen LogP contribution in [0.1, 0.15) is 25.6 Å². The molecule has 9 nitrogen and oxygen atoms in total. The summed E-state index contributed by atoms with van der Waals surface area (Å²) in [6, 6.07) is 8.58. The van der Waals surface area contributed by atoms with Crippen LogP contribution in [-0.2, 0) is 6.54 Å². The van der Waals surface area contributed by atoms with E-state index >= 15 is 0 Å². The van der Waals surface area contributed by atoms with Crippen LogP contribution >= 0.6 is 15.9 Å². The number of rotatable bonds is 6. The summed E-state index contributed by atoms with van der Waals surface area (Å²) in [7, 11) is 0. The first-order valence-electron chi connectivity index (χ1n) is 10.3. The zero-order chi connectivity index (χ0) is 20.5. The molecule has 30 heavy (non-hydrogen) atoms. The molecule has 3 aromatic heterocycles. The van der Waals surface area contributed by atoms with Crippen molar-refractivity contribution < 1.29 is 0 Å². The van der Waals surface area contributed by atoms with Gasteiger partial charge in [0.05, 0.1) is 28.2 Å². The second kappa shape index (κ2) is 8.19. The third-order valence-corrected chi connectivity index (χ3v) is 6.00. The number of anilines is 2. The van der Waals surface area contributed by atoms with Crippen molar-refractivity contribution in [3.63, 3.8) is 0 Å². The average molecular weight is 470 g/mol. The number of nitrogens with one attached hydrogen (secondary N) is 3. The summed E-state index contributed by atoms with van der Waals surface area (Å²) in [5, 5.41) is 11.3. The van der Waals surface area contributed by atoms with Gasteiger partial charge in [0, 0.05) is 19.1 Å². The van der Waals surface area contributed by atoms with Gasteiger partial charge in [-0.3, -0.25) is 0 Å². The average Bonchev–Trinajstić information content (AvgIpc) is 3.36. The third-order valence-electron chi connectivity index (χ3n) is 5.44. The summed E-state index contributed by atoms with van der Waals surface area (Å²) < 4.78 is 2.57. The minimum atomic E-state index is 0.514. The molecule has 0 radical (unpaired) electrons. The summed E-state index contributed by atoms with van der Waals surface area (Å²) in [5.74, 6) is 2.22. The number of fused-ring (bicyclic) bond motifs is 2. The summed E-state index contributed by atoms with van der Waals surface area (Å²) in [4.78, 5) is 19.8. The van der Waals surface area contributed by atoms with Crippen LogP contribution in [0.4, 0.5) is 11.9 Å². The smallest absolute Gasteiger partial charge is 0.230 e. The summed E-state index contributed by atoms with van der Waals surface area (Å²) in [5.41, 5.74) is 2.72. The van der Waals surface area contributed by atoms with Crippen molar-refractivity contribution >= 4 is 44.5 Å². The minimum absolute atomic E-state index is 0.514. The fourth-order valence-corrected chi connectivity index (χ4v) is 4.27. The minimum Gasteiger partial charge on any atom is -0.347 e. The lowest BCUT2D eigenvalue weighted by atomic mass is 10.1. The Bertz CT molecular complexity index is 1130. The van der Waals surface area contributed by atoms with Gasteiger partial charge in [-0.2, -0.15) is 19.6 Å². The predicted octanol–water partition coefficient (Wildman–Crippen LogP) is 2.95. The van der Waals surface area contributed by atoms with Crippen molar-refractivity contribution in [2.45, 2.75) is 32.4 Å². The third kappa shape index (κ3) is 3.72. The van der Waals surface area contributed by atoms with Crippen LogP contribution in [0.2, 0.25) is 0 Å². The maximum Gasteiger partial charge on any atom is 0.230 e. The number of aromatic amines is 1. The monoisotopic (exact) mass is 469 g/mol. The Morgan fingerprint density at radius 2 is 2.00 bits per heavy atom. The largest absolute Gasteiger partial charge is 0.347 e. The topological polar surface area (TPSA) is 99.1 Å². The molecule has 0 atom stereocenters. The first-order valence-corrected chi connectivity index (χ1v) is 11.1. The molecule has 156 valence electrons. The molecule has 1 aliphatic heterocycles. The van der Waals surface area contributed by atoms with Crippen molar-refractivity contribution in [2.75, 3.05) is 29.9 Å². The lowest BCUT2D eigenvalue weighted by Crippen LogP contribution is -2.43. The number of para-hydroxylation sites is 2. The molecule has 4 heterocycles. The number of benzene rings is 1. The van der Waals surface area contributed by atoms with Crippen LogP contribution < -0.4 is 15.5 Å². The lowest BCUT2D eigenvalue weighted by Gasteiger charge is -2.32. The van der Waals surface area contributed by atoms with Gasteiger partial charge in [0.25, 0.3) is 0 Å². The van der Waals surface area contributed by atoms with Crippen molar-refractivity contribution in [3.8, 4) is 0 Å². The van der Waals surface area contributed by atoms with Gasteiger partial charge in [0.1, 0.15) is 5.82 Å². The Kier molecular flexibility index (Phi) is 5.26. The van der Waals surface area contributed by atoms with E-state index in [1.165, 1.54) is 0 Å². The molecule has 0 bridgehead atoms. The number of aromatic nitrogens is 6. The molecule has 1 saturated heterocycles. The van der Waals surface area contributed by atoms with Crippen molar-refractivity contribution in [2.24, 2.45) is 0 Å². The molecule has 1 aromatic carbocycles. The second-order valence-corrected chi connectivity index (χ2v) is 8.30. The standard InChI is InChI=1S/C20H24BrN9/c1-2-22-13-7-9-29(10-8-13)20-27-18-14(21)11-24-30(18)19(28-20)23-12-17-25-15-5-3-4-6-16(15)26-17/h3-6,11,13,22H,2,7-10,12H2,1H3,(H,25,26)(H,23,27,28). The molecule has 0 saturated carbocycles. The van der Waals surface area contributed by atoms with E-state index in [2.05, 4.69) is 53.5 Å². The van der Waals surface area contributed by atoms with Crippen LogP contribution in [0.15, 0.2) is 34.9 Å². The van der Waals surface area contributed by atoms with Gasteiger partial charge in [-0.05, 0) is 47.4 Å². The normalized spacial score (nSPS) is 15.3. The molecule has 0 unspecified atom stereocenters. The fourth-order valence-electron chi connectivity index (χ4n) is 3.92. The van der Waals surface area contributed by atoms with Crippen LogP contribution in [0.5, 0.6) is 0 Å². The first-order chi connectivity index (χ1) is 14.7. The van der Waals surface area contributed by atoms with E-state index in [0.717, 1.165) is 65.4 Å². The van der Waals surface area contributed by atoms with Crippen molar-refractivity contribution in [1.82, 2.24) is 34.9 Å². The Morgan fingerprint density at radius 1 is 1.17 bits per heavy atom. The summed E-state index contributed by atoms with van der Waals surface area (Å²) in [6.45, 7) is 5.54. The molecule has 0 amide bonds. The van der Waals surface area contributed by atoms with E-state index in [0.29, 0.717) is 18.5 Å². The number of H-pyrrole nitrogens is 1. The summed E-state index contributed by atoms with van der Waals surface area (Å²) >= 11 is 3.56. The molecule has 0 aliphatic carbocycles. The Labute approximate surface area is 182 Å². The maximum absolute atomic E-state index is 4.80. The van der Waals surface area contributed by atoms with Crippen LogP contribution in [0.3, 0.4) is 0 Å². The van der Waals surface area contributed by atoms with E-state index in [9.17, 15) is 0 Å². The van der Waals surface area contributed by atoms with Gasteiger partial charge < -0.3 is 20.5 Å². The molecule has 3 N–H and O–H groups in total. The first kappa shape index (κ1) is 19.3. The highest BCUT2D eigenvalue weighted by Gasteiger charge is 2.22. The number of imidazole rings is 1. The number of nitrogens with zero attached hydrogens (tertiary/aromatic N) is 6. The molecule has 1 aliphatic rings.